The number of rotatable bonds is 9. The first-order valence-corrected chi connectivity index (χ1v) is 13.7. The Morgan fingerprint density at radius 3 is 2.56 bits per heavy atom. The zero-order valence-corrected chi connectivity index (χ0v) is 24.8. The number of hydrogen-bond acceptors (Lipinski definition) is 8. The van der Waals surface area contributed by atoms with Crippen LogP contribution >= 0.6 is 11.6 Å². The van der Waals surface area contributed by atoms with Crippen molar-refractivity contribution in [1.29, 1.82) is 0 Å². The van der Waals surface area contributed by atoms with E-state index < -0.39 is 29.1 Å². The van der Waals surface area contributed by atoms with Crippen LogP contribution in [0, 0.1) is 0 Å². The predicted octanol–water partition coefficient (Wildman–Crippen LogP) is 4.94. The number of aromatic amines is 1. The second-order valence-corrected chi connectivity index (χ2v) is 10.9. The van der Waals surface area contributed by atoms with E-state index in [0.29, 0.717) is 30.5 Å². The van der Waals surface area contributed by atoms with E-state index in [1.165, 1.54) is 37.6 Å². The summed E-state index contributed by atoms with van der Waals surface area (Å²) in [4.78, 5) is 61.0. The van der Waals surface area contributed by atoms with Crippen molar-refractivity contribution in [3.8, 4) is 6.01 Å². The van der Waals surface area contributed by atoms with Crippen LogP contribution in [0.15, 0.2) is 59.5 Å². The minimum Gasteiger partial charge on any atom is -0.467 e. The van der Waals surface area contributed by atoms with Crippen molar-refractivity contribution in [2.24, 2.45) is 0 Å². The van der Waals surface area contributed by atoms with Gasteiger partial charge < -0.3 is 30.4 Å². The van der Waals surface area contributed by atoms with Crippen LogP contribution in [0.25, 0.3) is 11.0 Å². The number of H-pyrrole nitrogens is 1. The molecule has 12 nitrogen and oxygen atoms in total. The van der Waals surface area contributed by atoms with Crippen molar-refractivity contribution in [1.82, 2.24) is 20.3 Å². The summed E-state index contributed by atoms with van der Waals surface area (Å²) in [6.07, 6.45) is 2.30. The van der Waals surface area contributed by atoms with Gasteiger partial charge in [0.25, 0.3) is 17.4 Å². The standard InChI is InChI=1S/C30H31ClN6O6/c1-30(2,3)43-29(41)32-12-6-8-17-7-5-9-20(13-17)34-25(38)18-10-11-22(31)23(15-18)35-26(39)21-14-19-16-33-28(42-4)37-24(19)36-27(21)40/h5,7,9-11,13-16H,6,8,12H2,1-4H3,(H,32,41)(H,34,38)(H,35,39)(H,33,36,37,40). The number of aromatic nitrogens is 3. The summed E-state index contributed by atoms with van der Waals surface area (Å²) in [5.74, 6) is -1.15. The number of pyridine rings is 1. The Morgan fingerprint density at radius 2 is 1.81 bits per heavy atom. The maximum absolute atomic E-state index is 13.0. The largest absolute Gasteiger partial charge is 0.467 e. The van der Waals surface area contributed by atoms with Gasteiger partial charge in [0.15, 0.2) is 0 Å². The number of amides is 3. The average molecular weight is 607 g/mol. The Morgan fingerprint density at radius 1 is 1.02 bits per heavy atom. The van der Waals surface area contributed by atoms with Crippen LogP contribution in [0.1, 0.15) is 53.5 Å². The van der Waals surface area contributed by atoms with E-state index in [-0.39, 0.29) is 33.5 Å². The lowest BCUT2D eigenvalue weighted by Crippen LogP contribution is -2.33. The molecule has 0 radical (unpaired) electrons. The van der Waals surface area contributed by atoms with Crippen LogP contribution < -0.4 is 26.2 Å². The third kappa shape index (κ3) is 8.52. The molecule has 2 aromatic heterocycles. The first kappa shape index (κ1) is 31.0. The van der Waals surface area contributed by atoms with Crippen molar-refractivity contribution in [3.63, 3.8) is 0 Å². The quantitative estimate of drug-likeness (QED) is 0.195. The number of fused-ring (bicyclic) bond motifs is 1. The maximum atomic E-state index is 13.0. The minimum atomic E-state index is -0.729. The molecule has 13 heteroatoms. The highest BCUT2D eigenvalue weighted by atomic mass is 35.5. The lowest BCUT2D eigenvalue weighted by atomic mass is 10.1. The Labute approximate surface area is 252 Å². The molecule has 0 aliphatic carbocycles. The Kier molecular flexibility index (Phi) is 9.61. The smallest absolute Gasteiger partial charge is 0.407 e. The van der Waals surface area contributed by atoms with Gasteiger partial charge >= 0.3 is 12.1 Å². The van der Waals surface area contributed by atoms with Crippen LogP contribution in [-0.4, -0.2) is 52.1 Å². The molecule has 224 valence electrons. The lowest BCUT2D eigenvalue weighted by Gasteiger charge is -2.19. The van der Waals surface area contributed by atoms with Gasteiger partial charge in [-0.25, -0.2) is 9.78 Å². The number of benzene rings is 2. The number of halogens is 1. The molecule has 0 spiro atoms. The highest BCUT2D eigenvalue weighted by Crippen LogP contribution is 2.25. The van der Waals surface area contributed by atoms with Crippen LogP contribution in [0.3, 0.4) is 0 Å². The van der Waals surface area contributed by atoms with Crippen LogP contribution in [0.4, 0.5) is 16.2 Å². The van der Waals surface area contributed by atoms with Gasteiger partial charge in [0, 0.05) is 29.4 Å². The molecule has 4 rings (SSSR count). The molecule has 0 aliphatic heterocycles. The number of carbonyl (C=O) groups excluding carboxylic acids is 3. The molecule has 0 unspecified atom stereocenters. The number of aryl methyl sites for hydroxylation is 1. The van der Waals surface area contributed by atoms with Gasteiger partial charge in [0.1, 0.15) is 16.8 Å². The highest BCUT2D eigenvalue weighted by molar-refractivity contribution is 6.34. The van der Waals surface area contributed by atoms with E-state index in [4.69, 9.17) is 21.1 Å². The minimum absolute atomic E-state index is 0.0709. The summed E-state index contributed by atoms with van der Waals surface area (Å²) < 4.78 is 10.2. The number of hydrogen-bond donors (Lipinski definition) is 4. The molecule has 2 heterocycles. The van der Waals surface area contributed by atoms with Crippen LogP contribution in [0.2, 0.25) is 5.02 Å². The number of ether oxygens (including phenoxy) is 2. The molecule has 3 amide bonds. The third-order valence-electron chi connectivity index (χ3n) is 5.97. The molecule has 2 aromatic carbocycles. The van der Waals surface area contributed by atoms with Gasteiger partial charge in [-0.1, -0.05) is 23.7 Å². The fourth-order valence-electron chi connectivity index (χ4n) is 4.00. The van der Waals surface area contributed by atoms with Crippen LogP contribution in [0.5, 0.6) is 6.01 Å². The van der Waals surface area contributed by atoms with Crippen molar-refractivity contribution < 1.29 is 23.9 Å². The lowest BCUT2D eigenvalue weighted by molar-refractivity contribution is 0.0527. The van der Waals surface area contributed by atoms with Gasteiger partial charge in [-0.05, 0) is 75.6 Å². The first-order valence-electron chi connectivity index (χ1n) is 13.3. The summed E-state index contributed by atoms with van der Waals surface area (Å²) in [5.41, 5.74) is 0.722. The molecule has 4 aromatic rings. The summed E-state index contributed by atoms with van der Waals surface area (Å²) >= 11 is 6.29. The molecule has 0 bridgehead atoms. The van der Waals surface area contributed by atoms with Gasteiger partial charge in [0.05, 0.1) is 17.8 Å². The molecule has 43 heavy (non-hydrogen) atoms. The molecule has 0 aliphatic rings. The van der Waals surface area contributed by atoms with Crippen LogP contribution in [-0.2, 0) is 11.2 Å². The van der Waals surface area contributed by atoms with E-state index in [0.717, 1.165) is 5.56 Å². The monoisotopic (exact) mass is 606 g/mol. The van der Waals surface area contributed by atoms with E-state index >= 15 is 0 Å². The van der Waals surface area contributed by atoms with E-state index in [9.17, 15) is 19.2 Å². The normalized spacial score (nSPS) is 11.1. The predicted molar refractivity (Wildman–Crippen MR) is 163 cm³/mol. The SMILES string of the molecule is COc1ncc2cc(C(=O)Nc3cc(C(=O)Nc4cccc(CCCNC(=O)OC(C)(C)C)c4)ccc3Cl)c(=O)[nH]c2n1. The Hall–Kier alpha value is -4.97. The first-order chi connectivity index (χ1) is 20.4. The fourth-order valence-corrected chi connectivity index (χ4v) is 4.17. The van der Waals surface area contributed by atoms with Gasteiger partial charge in [-0.3, -0.25) is 14.4 Å². The maximum Gasteiger partial charge on any atom is 0.407 e. The second kappa shape index (κ2) is 13.3. The number of carbonyl (C=O) groups is 3. The number of anilines is 2. The third-order valence-corrected chi connectivity index (χ3v) is 6.30. The number of alkyl carbamates (subject to hydrolysis) is 1. The van der Waals surface area contributed by atoms with Gasteiger partial charge in [-0.2, -0.15) is 4.98 Å². The average Bonchev–Trinajstić information content (AvgIpc) is 2.95. The molecule has 0 saturated heterocycles. The Balaban J connectivity index is 1.39. The van der Waals surface area contributed by atoms with E-state index in [2.05, 4.69) is 30.9 Å². The Bertz CT molecular complexity index is 1730. The number of methoxy groups -OCH3 is 1. The number of nitrogens with one attached hydrogen (secondary N) is 4. The summed E-state index contributed by atoms with van der Waals surface area (Å²) in [6.45, 7) is 5.85. The number of nitrogens with zero attached hydrogens (tertiary/aromatic N) is 2. The molecule has 4 N–H and O–H groups in total. The van der Waals surface area contributed by atoms with Gasteiger partial charge in [-0.15, -0.1) is 0 Å². The van der Waals surface area contributed by atoms with Crippen molar-refractivity contribution in [2.75, 3.05) is 24.3 Å². The molecular weight excluding hydrogens is 576 g/mol. The molecule has 0 atom stereocenters. The highest BCUT2D eigenvalue weighted by Gasteiger charge is 2.17. The van der Waals surface area contributed by atoms with Crippen molar-refractivity contribution in [3.05, 3.63) is 86.8 Å². The van der Waals surface area contributed by atoms with Gasteiger partial charge in [0.2, 0.25) is 0 Å². The zero-order chi connectivity index (χ0) is 31.1. The van der Waals surface area contributed by atoms with E-state index in [1.807, 2.05) is 18.2 Å². The van der Waals surface area contributed by atoms with Crippen molar-refractivity contribution >= 4 is 51.9 Å². The van der Waals surface area contributed by atoms with Crippen molar-refractivity contribution in [2.45, 2.75) is 39.2 Å². The van der Waals surface area contributed by atoms with E-state index in [1.54, 1.807) is 26.8 Å². The topological polar surface area (TPSA) is 164 Å². The molecule has 0 saturated carbocycles. The zero-order valence-electron chi connectivity index (χ0n) is 24.0. The summed E-state index contributed by atoms with van der Waals surface area (Å²) in [7, 11) is 1.40. The summed E-state index contributed by atoms with van der Waals surface area (Å²) in [6, 6.07) is 13.2. The summed E-state index contributed by atoms with van der Waals surface area (Å²) in [5, 5.41) is 8.76. The fraction of sp³-hybridized carbons (Fsp3) is 0.267. The molecule has 0 fully saturated rings. The molecular formula is C30H31ClN6O6. The second-order valence-electron chi connectivity index (χ2n) is 10.5.